The van der Waals surface area contributed by atoms with Gasteiger partial charge in [0.05, 0.1) is 11.9 Å². The van der Waals surface area contributed by atoms with Gasteiger partial charge in [-0.3, -0.25) is 13.9 Å². The van der Waals surface area contributed by atoms with Crippen LogP contribution in [0.25, 0.3) is 0 Å². The first-order chi connectivity index (χ1) is 16.6. The van der Waals surface area contributed by atoms with Crippen molar-refractivity contribution in [3.8, 4) is 0 Å². The van der Waals surface area contributed by atoms with Gasteiger partial charge in [0.1, 0.15) is 6.04 Å². The van der Waals surface area contributed by atoms with E-state index in [2.05, 4.69) is 5.32 Å². The van der Waals surface area contributed by atoms with E-state index in [9.17, 15) is 18.0 Å². The van der Waals surface area contributed by atoms with Gasteiger partial charge in [-0.25, -0.2) is 8.42 Å². The van der Waals surface area contributed by atoms with E-state index in [1.807, 2.05) is 64.1 Å². The second-order valence-electron chi connectivity index (χ2n) is 8.78. The van der Waals surface area contributed by atoms with Gasteiger partial charge in [0.25, 0.3) is 0 Å². The van der Waals surface area contributed by atoms with E-state index < -0.39 is 16.1 Å². The summed E-state index contributed by atoms with van der Waals surface area (Å²) in [5, 5.41) is 2.83. The van der Waals surface area contributed by atoms with Gasteiger partial charge in [-0.05, 0) is 56.4 Å². The van der Waals surface area contributed by atoms with Crippen molar-refractivity contribution in [2.24, 2.45) is 0 Å². The number of carbonyl (C=O) groups excluding carboxylic acids is 2. The molecule has 2 amide bonds. The van der Waals surface area contributed by atoms with Crippen molar-refractivity contribution in [3.63, 3.8) is 0 Å². The molecule has 0 unspecified atom stereocenters. The number of nitrogens with one attached hydrogen (secondary N) is 1. The van der Waals surface area contributed by atoms with Crippen molar-refractivity contribution in [1.82, 2.24) is 10.2 Å². The van der Waals surface area contributed by atoms with Gasteiger partial charge in [0.2, 0.25) is 21.8 Å². The standard InChI is InChI=1S/C27H39N3O4S/c1-6-22-15-17-24(18-16-22)30(35(5,33)34)19-9-10-26(31)29(25(7-2)27(32)28-8-3)20-23-13-11-21(4)12-14-23/h11-18,25H,6-10,19-20H2,1-5H3,(H,28,32)/t25-/m0/s1. The average Bonchev–Trinajstić information content (AvgIpc) is 2.82. The number of likely N-dealkylation sites (N-methyl/N-ethyl adjacent to an activating group) is 1. The third-order valence-corrected chi connectivity index (χ3v) is 7.19. The minimum atomic E-state index is -3.51. The monoisotopic (exact) mass is 501 g/mol. The number of aryl methyl sites for hydroxylation is 2. The van der Waals surface area contributed by atoms with Crippen molar-refractivity contribution in [2.45, 2.75) is 66.0 Å². The molecule has 7 nitrogen and oxygen atoms in total. The fraction of sp³-hybridized carbons (Fsp3) is 0.481. The zero-order valence-electron chi connectivity index (χ0n) is 21.6. The number of amides is 2. The molecule has 0 saturated carbocycles. The second-order valence-corrected chi connectivity index (χ2v) is 10.7. The third kappa shape index (κ3) is 8.38. The lowest BCUT2D eigenvalue weighted by Crippen LogP contribution is -2.49. The van der Waals surface area contributed by atoms with Crippen LogP contribution in [-0.2, 0) is 32.6 Å². The van der Waals surface area contributed by atoms with Crippen molar-refractivity contribution < 1.29 is 18.0 Å². The van der Waals surface area contributed by atoms with Crippen LogP contribution in [0, 0.1) is 6.92 Å². The summed E-state index contributed by atoms with van der Waals surface area (Å²) in [5.41, 5.74) is 3.78. The van der Waals surface area contributed by atoms with Gasteiger partial charge in [-0.1, -0.05) is 55.8 Å². The Balaban J connectivity index is 2.18. The molecular formula is C27H39N3O4S. The Bertz CT molecular complexity index is 1070. The Labute approximate surface area is 210 Å². The van der Waals surface area contributed by atoms with Crippen molar-refractivity contribution in [3.05, 3.63) is 65.2 Å². The summed E-state index contributed by atoms with van der Waals surface area (Å²) in [6.45, 7) is 8.78. The van der Waals surface area contributed by atoms with E-state index in [4.69, 9.17) is 0 Å². The zero-order valence-corrected chi connectivity index (χ0v) is 22.4. The molecule has 0 bridgehead atoms. The number of hydrogen-bond acceptors (Lipinski definition) is 4. The number of anilines is 1. The van der Waals surface area contributed by atoms with Crippen LogP contribution in [0.15, 0.2) is 48.5 Å². The molecule has 192 valence electrons. The first-order valence-electron chi connectivity index (χ1n) is 12.3. The third-order valence-electron chi connectivity index (χ3n) is 6.00. The molecule has 0 fully saturated rings. The number of sulfonamides is 1. The molecule has 2 aromatic rings. The van der Waals surface area contributed by atoms with Gasteiger partial charge in [-0.15, -0.1) is 0 Å². The fourth-order valence-electron chi connectivity index (χ4n) is 4.00. The number of rotatable bonds is 13. The van der Waals surface area contributed by atoms with E-state index in [1.165, 1.54) is 10.6 Å². The summed E-state index contributed by atoms with van der Waals surface area (Å²) in [6, 6.07) is 14.7. The predicted octanol–water partition coefficient (Wildman–Crippen LogP) is 4.05. The maximum atomic E-state index is 13.4. The maximum Gasteiger partial charge on any atom is 0.242 e. The molecule has 0 saturated heterocycles. The van der Waals surface area contributed by atoms with E-state index >= 15 is 0 Å². The highest BCUT2D eigenvalue weighted by atomic mass is 32.2. The van der Waals surface area contributed by atoms with Gasteiger partial charge in [0, 0.05) is 26.1 Å². The smallest absolute Gasteiger partial charge is 0.242 e. The summed E-state index contributed by atoms with van der Waals surface area (Å²) >= 11 is 0. The summed E-state index contributed by atoms with van der Waals surface area (Å²) in [4.78, 5) is 27.7. The number of nitrogens with zero attached hydrogens (tertiary/aromatic N) is 2. The molecule has 0 heterocycles. The Morgan fingerprint density at radius 3 is 2.06 bits per heavy atom. The number of carbonyl (C=O) groups is 2. The van der Waals surface area contributed by atoms with Crippen molar-refractivity contribution in [1.29, 1.82) is 0 Å². The van der Waals surface area contributed by atoms with E-state index in [1.54, 1.807) is 17.0 Å². The van der Waals surface area contributed by atoms with Crippen LogP contribution in [-0.4, -0.2) is 50.5 Å². The van der Waals surface area contributed by atoms with Gasteiger partial charge < -0.3 is 10.2 Å². The SMILES string of the molecule is CCNC(=O)[C@H](CC)N(Cc1ccc(C)cc1)C(=O)CCCN(c1ccc(CC)cc1)S(C)(=O)=O. The average molecular weight is 502 g/mol. The molecule has 1 N–H and O–H groups in total. The molecule has 1 atom stereocenters. The van der Waals surface area contributed by atoms with Crippen LogP contribution >= 0.6 is 0 Å². The normalized spacial score (nSPS) is 12.1. The van der Waals surface area contributed by atoms with Crippen LogP contribution in [0.2, 0.25) is 0 Å². The maximum absolute atomic E-state index is 13.4. The Morgan fingerprint density at radius 1 is 0.943 bits per heavy atom. The summed E-state index contributed by atoms with van der Waals surface area (Å²) in [5.74, 6) is -0.345. The van der Waals surface area contributed by atoms with Crippen molar-refractivity contribution in [2.75, 3.05) is 23.7 Å². The Morgan fingerprint density at radius 2 is 1.54 bits per heavy atom. The van der Waals surface area contributed by atoms with E-state index in [0.29, 0.717) is 31.6 Å². The van der Waals surface area contributed by atoms with E-state index in [0.717, 1.165) is 23.1 Å². The van der Waals surface area contributed by atoms with Gasteiger partial charge in [-0.2, -0.15) is 0 Å². The van der Waals surface area contributed by atoms with Gasteiger partial charge in [0.15, 0.2) is 0 Å². The molecule has 0 aliphatic carbocycles. The quantitative estimate of drug-likeness (QED) is 0.449. The molecule has 0 radical (unpaired) electrons. The molecule has 0 spiro atoms. The molecule has 35 heavy (non-hydrogen) atoms. The first-order valence-corrected chi connectivity index (χ1v) is 14.1. The second kappa shape index (κ2) is 13.3. The van der Waals surface area contributed by atoms with Crippen molar-refractivity contribution >= 4 is 27.5 Å². The zero-order chi connectivity index (χ0) is 26.0. The van der Waals surface area contributed by atoms with Gasteiger partial charge >= 0.3 is 0 Å². The summed E-state index contributed by atoms with van der Waals surface area (Å²) in [6.07, 6.45) is 3.02. The van der Waals surface area contributed by atoms with Crippen LogP contribution in [0.3, 0.4) is 0 Å². The molecule has 2 aromatic carbocycles. The lowest BCUT2D eigenvalue weighted by Gasteiger charge is -2.31. The molecule has 8 heteroatoms. The first kappa shape index (κ1) is 28.4. The number of hydrogen-bond donors (Lipinski definition) is 1. The largest absolute Gasteiger partial charge is 0.355 e. The minimum absolute atomic E-state index is 0.140. The lowest BCUT2D eigenvalue weighted by molar-refractivity contribution is -0.141. The molecule has 0 aliphatic heterocycles. The van der Waals surface area contributed by atoms with Crippen LogP contribution in [0.5, 0.6) is 0 Å². The molecule has 0 aliphatic rings. The molecular weight excluding hydrogens is 462 g/mol. The summed E-state index contributed by atoms with van der Waals surface area (Å²) < 4.78 is 26.3. The van der Waals surface area contributed by atoms with E-state index in [-0.39, 0.29) is 24.8 Å². The predicted molar refractivity (Wildman–Crippen MR) is 142 cm³/mol. The summed E-state index contributed by atoms with van der Waals surface area (Å²) in [7, 11) is -3.51. The Hall–Kier alpha value is -2.87. The van der Waals surface area contributed by atoms with Crippen LogP contribution < -0.4 is 9.62 Å². The highest BCUT2D eigenvalue weighted by Gasteiger charge is 2.28. The van der Waals surface area contributed by atoms with Crippen LogP contribution in [0.4, 0.5) is 5.69 Å². The molecule has 2 rings (SSSR count). The number of benzene rings is 2. The molecule has 0 aromatic heterocycles. The minimum Gasteiger partial charge on any atom is -0.355 e. The topological polar surface area (TPSA) is 86.8 Å². The van der Waals surface area contributed by atoms with Crippen LogP contribution in [0.1, 0.15) is 56.7 Å². The lowest BCUT2D eigenvalue weighted by atomic mass is 10.1. The highest BCUT2D eigenvalue weighted by molar-refractivity contribution is 7.92. The Kier molecular flexibility index (Phi) is 10.8. The highest BCUT2D eigenvalue weighted by Crippen LogP contribution is 2.20. The fourth-order valence-corrected chi connectivity index (χ4v) is 4.97.